The highest BCUT2D eigenvalue weighted by Gasteiger charge is 2.29. The van der Waals surface area contributed by atoms with Gasteiger partial charge in [0.15, 0.2) is 0 Å². The molecule has 3 N–H and O–H groups in total. The first kappa shape index (κ1) is 27.3. The summed E-state index contributed by atoms with van der Waals surface area (Å²) in [6.45, 7) is 17.8. The molecule has 36 heavy (non-hydrogen) atoms. The van der Waals surface area contributed by atoms with Crippen molar-refractivity contribution in [1.29, 1.82) is 0 Å². The van der Waals surface area contributed by atoms with Gasteiger partial charge in [-0.3, -0.25) is 9.79 Å². The lowest BCUT2D eigenvalue weighted by atomic mass is 9.92. The number of amidine groups is 1. The number of nitrogens with two attached hydrogens (primary N) is 1. The highest BCUT2D eigenvalue weighted by atomic mass is 32.1. The standard InChI is InChI=1S/C29H39N5OS/c1-9-23(34-14-11-10-12-24(34)19(2)3)28(35)33-15-13-21-22(18-36-25(21)17-33)20(4)32-27(31-8)16-26(30)29(5,6)7/h9-12,14,16,18H,4,13,15,17,30H2,1-3,5-8H3,(H,31,32)/b23-9-,26-16-. The summed E-state index contributed by atoms with van der Waals surface area (Å²) in [5.74, 6) is 0.716. The Bertz CT molecular complexity index is 1210. The quantitative estimate of drug-likeness (QED) is 0.306. The number of carbonyl (C=O) groups excluding carboxylic acids is 1. The molecule has 2 aliphatic rings. The average molecular weight is 506 g/mol. The van der Waals surface area contributed by atoms with Crippen LogP contribution in [0.3, 0.4) is 0 Å². The predicted molar refractivity (Wildman–Crippen MR) is 153 cm³/mol. The van der Waals surface area contributed by atoms with E-state index in [1.165, 1.54) is 10.4 Å². The number of fused-ring (bicyclic) bond motifs is 1. The first-order valence-corrected chi connectivity index (χ1v) is 13.1. The summed E-state index contributed by atoms with van der Waals surface area (Å²) >= 11 is 1.67. The van der Waals surface area contributed by atoms with Crippen molar-refractivity contribution < 1.29 is 4.79 Å². The van der Waals surface area contributed by atoms with Crippen molar-refractivity contribution in [2.75, 3.05) is 13.6 Å². The topological polar surface area (TPSA) is 74.0 Å². The predicted octanol–water partition coefficient (Wildman–Crippen LogP) is 5.69. The van der Waals surface area contributed by atoms with Gasteiger partial charge in [0.05, 0.1) is 6.54 Å². The Morgan fingerprint density at radius 1 is 1.28 bits per heavy atom. The molecule has 0 atom stereocenters. The van der Waals surface area contributed by atoms with Crippen molar-refractivity contribution in [3.05, 3.63) is 87.2 Å². The molecule has 1 amide bonds. The maximum Gasteiger partial charge on any atom is 0.270 e. The molecular weight excluding hydrogens is 466 g/mol. The summed E-state index contributed by atoms with van der Waals surface area (Å²) < 4.78 is 0. The van der Waals surface area contributed by atoms with Crippen LogP contribution in [-0.4, -0.2) is 35.1 Å². The minimum absolute atomic E-state index is 0.0388. The zero-order valence-electron chi connectivity index (χ0n) is 22.6. The number of allylic oxidation sites excluding steroid dienone is 6. The second kappa shape index (κ2) is 11.2. The number of amides is 1. The Balaban J connectivity index is 1.76. The third-order valence-electron chi connectivity index (χ3n) is 6.36. The third kappa shape index (κ3) is 5.90. The minimum atomic E-state index is -0.144. The fraction of sp³-hybridized carbons (Fsp3) is 0.379. The number of nitrogens with zero attached hydrogens (tertiary/aromatic N) is 3. The van der Waals surface area contributed by atoms with E-state index in [9.17, 15) is 4.79 Å². The molecule has 0 fully saturated rings. The maximum absolute atomic E-state index is 13.6. The molecular formula is C29H39N5OS. The third-order valence-corrected chi connectivity index (χ3v) is 7.38. The summed E-state index contributed by atoms with van der Waals surface area (Å²) in [6, 6.07) is 0. The SMILES string of the molecule is C=C(NC(/C=C(\N)C(C)(C)C)=NC)c1csc2c1CCN(C(=O)/C(=C/C)N1C=CC=CC1=C(C)C)C2. The van der Waals surface area contributed by atoms with Gasteiger partial charge in [-0.25, -0.2) is 0 Å². The fourth-order valence-corrected chi connectivity index (χ4v) is 5.21. The van der Waals surface area contributed by atoms with Crippen LogP contribution >= 0.6 is 11.3 Å². The number of rotatable bonds is 5. The molecule has 0 saturated heterocycles. The van der Waals surface area contributed by atoms with Crippen LogP contribution in [0.25, 0.3) is 5.70 Å². The molecule has 3 rings (SSSR count). The van der Waals surface area contributed by atoms with Crippen LogP contribution in [0.15, 0.2) is 76.2 Å². The van der Waals surface area contributed by atoms with Crippen molar-refractivity contribution in [2.24, 2.45) is 16.1 Å². The van der Waals surface area contributed by atoms with Crippen LogP contribution in [0.5, 0.6) is 0 Å². The van der Waals surface area contributed by atoms with Gasteiger partial charge in [-0.1, -0.05) is 45.1 Å². The van der Waals surface area contributed by atoms with E-state index >= 15 is 0 Å². The second-order valence-corrected chi connectivity index (χ2v) is 11.2. The van der Waals surface area contributed by atoms with Gasteiger partial charge in [0, 0.05) is 58.1 Å². The van der Waals surface area contributed by atoms with Crippen LogP contribution in [0.4, 0.5) is 0 Å². The van der Waals surface area contributed by atoms with Gasteiger partial charge in [0.2, 0.25) is 0 Å². The van der Waals surface area contributed by atoms with Crippen molar-refractivity contribution in [1.82, 2.24) is 15.1 Å². The van der Waals surface area contributed by atoms with Crippen molar-refractivity contribution in [2.45, 2.75) is 54.5 Å². The zero-order chi connectivity index (χ0) is 26.6. The van der Waals surface area contributed by atoms with Crippen molar-refractivity contribution >= 4 is 28.8 Å². The van der Waals surface area contributed by atoms with Crippen LogP contribution in [0.1, 0.15) is 57.5 Å². The van der Waals surface area contributed by atoms with E-state index in [2.05, 4.69) is 56.9 Å². The monoisotopic (exact) mass is 505 g/mol. The zero-order valence-corrected chi connectivity index (χ0v) is 23.4. The van der Waals surface area contributed by atoms with Gasteiger partial charge in [-0.05, 0) is 51.0 Å². The van der Waals surface area contributed by atoms with Gasteiger partial charge in [-0.15, -0.1) is 11.3 Å². The summed E-state index contributed by atoms with van der Waals surface area (Å²) in [5, 5.41) is 5.45. The lowest BCUT2D eigenvalue weighted by Gasteiger charge is -2.33. The summed E-state index contributed by atoms with van der Waals surface area (Å²) in [4.78, 5) is 23.1. The van der Waals surface area contributed by atoms with Crippen LogP contribution in [0.2, 0.25) is 0 Å². The van der Waals surface area contributed by atoms with E-state index in [0.717, 1.165) is 34.6 Å². The number of aliphatic imine (C=N–C) groups is 1. The number of carbonyl (C=O) groups is 1. The van der Waals surface area contributed by atoms with E-state index < -0.39 is 0 Å². The highest BCUT2D eigenvalue weighted by molar-refractivity contribution is 7.10. The van der Waals surface area contributed by atoms with E-state index in [0.29, 0.717) is 24.6 Å². The molecule has 0 bridgehead atoms. The van der Waals surface area contributed by atoms with Gasteiger partial charge in [0.25, 0.3) is 5.91 Å². The molecule has 0 spiro atoms. The molecule has 6 nitrogen and oxygen atoms in total. The van der Waals surface area contributed by atoms with Crippen molar-refractivity contribution in [3.63, 3.8) is 0 Å². The molecule has 192 valence electrons. The largest absolute Gasteiger partial charge is 0.401 e. The fourth-order valence-electron chi connectivity index (χ4n) is 4.09. The minimum Gasteiger partial charge on any atom is -0.401 e. The van der Waals surface area contributed by atoms with E-state index in [4.69, 9.17) is 5.73 Å². The van der Waals surface area contributed by atoms with Crippen LogP contribution < -0.4 is 11.1 Å². The lowest BCUT2D eigenvalue weighted by molar-refractivity contribution is -0.129. The first-order chi connectivity index (χ1) is 17.0. The molecule has 0 saturated carbocycles. The molecule has 1 aromatic rings. The highest BCUT2D eigenvalue weighted by Crippen LogP contribution is 2.33. The van der Waals surface area contributed by atoms with E-state index in [1.54, 1.807) is 18.4 Å². The Kier molecular flexibility index (Phi) is 8.46. The van der Waals surface area contributed by atoms with Gasteiger partial charge in [0.1, 0.15) is 11.5 Å². The molecule has 0 aliphatic carbocycles. The molecule has 0 unspecified atom stereocenters. The Morgan fingerprint density at radius 3 is 2.61 bits per heavy atom. The number of hydrogen-bond donors (Lipinski definition) is 2. The maximum atomic E-state index is 13.6. The molecule has 7 heteroatoms. The Morgan fingerprint density at radius 2 is 2.00 bits per heavy atom. The summed E-state index contributed by atoms with van der Waals surface area (Å²) in [7, 11) is 1.74. The molecule has 0 aromatic carbocycles. The second-order valence-electron chi connectivity index (χ2n) is 10.2. The van der Waals surface area contributed by atoms with E-state index in [1.807, 2.05) is 53.3 Å². The molecule has 1 aromatic heterocycles. The van der Waals surface area contributed by atoms with Gasteiger partial charge < -0.3 is 20.9 Å². The van der Waals surface area contributed by atoms with E-state index in [-0.39, 0.29) is 11.3 Å². The molecule has 2 aliphatic heterocycles. The number of nitrogens with one attached hydrogen (secondary N) is 1. The van der Waals surface area contributed by atoms with Gasteiger partial charge in [-0.2, -0.15) is 0 Å². The smallest absolute Gasteiger partial charge is 0.270 e. The van der Waals surface area contributed by atoms with Crippen molar-refractivity contribution in [3.8, 4) is 0 Å². The number of thiophene rings is 1. The number of hydrogen-bond acceptors (Lipinski definition) is 5. The Labute approximate surface area is 220 Å². The molecule has 3 heterocycles. The summed E-state index contributed by atoms with van der Waals surface area (Å²) in [6.07, 6.45) is 12.5. The first-order valence-electron chi connectivity index (χ1n) is 12.2. The normalized spacial score (nSPS) is 16.9. The summed E-state index contributed by atoms with van der Waals surface area (Å²) in [5.41, 5.74) is 12.8. The van der Waals surface area contributed by atoms with Gasteiger partial charge >= 0.3 is 0 Å². The Hall–Kier alpha value is -3.32. The lowest BCUT2D eigenvalue weighted by Crippen LogP contribution is -2.40. The van der Waals surface area contributed by atoms with Crippen LogP contribution in [-0.2, 0) is 17.8 Å². The molecule has 0 radical (unpaired) electrons. The average Bonchev–Trinajstić information content (AvgIpc) is 3.27. The van der Waals surface area contributed by atoms with Crippen LogP contribution in [0, 0.1) is 5.41 Å².